The number of nitrogens with one attached hydrogen (secondary N) is 1. The normalized spacial score (nSPS) is 21.4. The third kappa shape index (κ3) is 4.37. The molecule has 1 amide bonds. The van der Waals surface area contributed by atoms with Crippen LogP contribution in [0.1, 0.15) is 38.5 Å². The minimum Gasteiger partial charge on any atom is -0.465 e. The first-order valence-corrected chi connectivity index (χ1v) is 6.01. The van der Waals surface area contributed by atoms with Gasteiger partial charge in [-0.25, -0.2) is 4.79 Å². The number of amides is 1. The van der Waals surface area contributed by atoms with E-state index in [9.17, 15) is 9.90 Å². The lowest BCUT2D eigenvalue weighted by Gasteiger charge is -2.31. The molecule has 5 heteroatoms. The third-order valence-corrected chi connectivity index (χ3v) is 3.33. The van der Waals surface area contributed by atoms with Crippen molar-refractivity contribution in [3.8, 4) is 0 Å². The molecule has 1 fully saturated rings. The van der Waals surface area contributed by atoms with E-state index < -0.39 is 12.2 Å². The lowest BCUT2D eigenvalue weighted by Crippen LogP contribution is -2.43. The molecule has 16 heavy (non-hydrogen) atoms. The Kier molecular flexibility index (Phi) is 5.55. The first kappa shape index (κ1) is 13.3. The van der Waals surface area contributed by atoms with E-state index in [0.29, 0.717) is 12.3 Å². The smallest absolute Gasteiger partial charge is 0.404 e. The van der Waals surface area contributed by atoms with Gasteiger partial charge in [0.1, 0.15) is 0 Å². The number of hydrogen-bond donors (Lipinski definition) is 4. The summed E-state index contributed by atoms with van der Waals surface area (Å²) in [6.07, 6.45) is 4.43. The highest BCUT2D eigenvalue weighted by atomic mass is 16.4. The van der Waals surface area contributed by atoms with E-state index in [1.54, 1.807) is 0 Å². The van der Waals surface area contributed by atoms with E-state index in [2.05, 4.69) is 5.32 Å². The molecule has 0 heterocycles. The van der Waals surface area contributed by atoms with Crippen molar-refractivity contribution in [1.29, 1.82) is 0 Å². The Hall–Kier alpha value is -0.810. The fourth-order valence-electron chi connectivity index (χ4n) is 2.45. The SMILES string of the molecule is NC[C@@H](O)C[C@H](NC(=O)O)C1CCCCC1. The van der Waals surface area contributed by atoms with Gasteiger partial charge in [0.2, 0.25) is 0 Å². The minimum atomic E-state index is -1.01. The summed E-state index contributed by atoms with van der Waals surface area (Å²) >= 11 is 0. The summed E-state index contributed by atoms with van der Waals surface area (Å²) < 4.78 is 0. The Labute approximate surface area is 96.0 Å². The van der Waals surface area contributed by atoms with Crippen molar-refractivity contribution in [3.05, 3.63) is 0 Å². The summed E-state index contributed by atoms with van der Waals surface area (Å²) in [6.45, 7) is 0.185. The van der Waals surface area contributed by atoms with Crippen LogP contribution in [0.25, 0.3) is 0 Å². The van der Waals surface area contributed by atoms with Gasteiger partial charge < -0.3 is 21.3 Å². The fraction of sp³-hybridized carbons (Fsp3) is 0.909. The molecule has 0 unspecified atom stereocenters. The fourth-order valence-corrected chi connectivity index (χ4v) is 2.45. The quantitative estimate of drug-likeness (QED) is 0.564. The van der Waals surface area contributed by atoms with Crippen LogP contribution in [0.2, 0.25) is 0 Å². The van der Waals surface area contributed by atoms with Crippen molar-refractivity contribution >= 4 is 6.09 Å². The van der Waals surface area contributed by atoms with Gasteiger partial charge in [0, 0.05) is 12.6 Å². The van der Waals surface area contributed by atoms with Gasteiger partial charge in [-0.2, -0.15) is 0 Å². The Morgan fingerprint density at radius 1 is 1.38 bits per heavy atom. The standard InChI is InChI=1S/C11H22N2O3/c12-7-9(14)6-10(13-11(15)16)8-4-2-1-3-5-8/h8-10,13-14H,1-7,12H2,(H,15,16)/t9-,10-/m0/s1. The van der Waals surface area contributed by atoms with Crippen LogP contribution in [0, 0.1) is 5.92 Å². The zero-order valence-electron chi connectivity index (χ0n) is 9.56. The number of aliphatic hydroxyl groups excluding tert-OH is 1. The molecular formula is C11H22N2O3. The van der Waals surface area contributed by atoms with Gasteiger partial charge in [-0.15, -0.1) is 0 Å². The molecule has 0 aromatic heterocycles. The van der Waals surface area contributed by atoms with E-state index >= 15 is 0 Å². The van der Waals surface area contributed by atoms with Gasteiger partial charge in [0.05, 0.1) is 6.10 Å². The largest absolute Gasteiger partial charge is 0.465 e. The number of nitrogens with two attached hydrogens (primary N) is 1. The molecule has 0 bridgehead atoms. The van der Waals surface area contributed by atoms with Crippen LogP contribution in [0.4, 0.5) is 4.79 Å². The highest BCUT2D eigenvalue weighted by molar-refractivity contribution is 5.64. The number of carboxylic acid groups (broad SMARTS) is 1. The van der Waals surface area contributed by atoms with Crippen LogP contribution in [0.3, 0.4) is 0 Å². The maximum absolute atomic E-state index is 10.7. The molecule has 0 aromatic rings. The highest BCUT2D eigenvalue weighted by Crippen LogP contribution is 2.28. The second-order valence-electron chi connectivity index (χ2n) is 4.58. The summed E-state index contributed by atoms with van der Waals surface area (Å²) in [5.41, 5.74) is 5.36. The maximum Gasteiger partial charge on any atom is 0.404 e. The molecule has 5 N–H and O–H groups in total. The van der Waals surface area contributed by atoms with Gasteiger partial charge in [-0.05, 0) is 25.2 Å². The zero-order chi connectivity index (χ0) is 12.0. The molecule has 0 radical (unpaired) electrons. The van der Waals surface area contributed by atoms with Gasteiger partial charge >= 0.3 is 6.09 Å². The minimum absolute atomic E-state index is 0.156. The average Bonchev–Trinajstić information content (AvgIpc) is 2.28. The van der Waals surface area contributed by atoms with E-state index in [4.69, 9.17) is 10.8 Å². The maximum atomic E-state index is 10.7. The van der Waals surface area contributed by atoms with Crippen LogP contribution in [0.15, 0.2) is 0 Å². The first-order chi connectivity index (χ1) is 7.63. The Morgan fingerprint density at radius 3 is 2.50 bits per heavy atom. The molecule has 1 aliphatic carbocycles. The molecule has 5 nitrogen and oxygen atoms in total. The second kappa shape index (κ2) is 6.70. The molecule has 2 atom stereocenters. The van der Waals surface area contributed by atoms with Crippen molar-refractivity contribution in [2.45, 2.75) is 50.7 Å². The molecule has 0 aliphatic heterocycles. The molecule has 0 spiro atoms. The Morgan fingerprint density at radius 2 is 2.00 bits per heavy atom. The van der Waals surface area contributed by atoms with Gasteiger partial charge in [-0.1, -0.05) is 19.3 Å². The molecule has 1 saturated carbocycles. The van der Waals surface area contributed by atoms with E-state index in [1.807, 2.05) is 0 Å². The van der Waals surface area contributed by atoms with Gasteiger partial charge in [0.25, 0.3) is 0 Å². The second-order valence-corrected chi connectivity index (χ2v) is 4.58. The van der Waals surface area contributed by atoms with Gasteiger partial charge in [-0.3, -0.25) is 0 Å². The molecular weight excluding hydrogens is 208 g/mol. The van der Waals surface area contributed by atoms with Crippen LogP contribution in [-0.2, 0) is 0 Å². The van der Waals surface area contributed by atoms with Crippen molar-refractivity contribution in [2.24, 2.45) is 11.7 Å². The number of aliphatic hydroxyl groups is 1. The van der Waals surface area contributed by atoms with Gasteiger partial charge in [0.15, 0.2) is 0 Å². The summed E-state index contributed by atoms with van der Waals surface area (Å²) in [5, 5.41) is 20.8. The van der Waals surface area contributed by atoms with E-state index in [-0.39, 0.29) is 12.6 Å². The topological polar surface area (TPSA) is 95.6 Å². The summed E-state index contributed by atoms with van der Waals surface area (Å²) in [4.78, 5) is 10.7. The van der Waals surface area contributed by atoms with Crippen molar-refractivity contribution in [2.75, 3.05) is 6.54 Å². The Bertz CT molecular complexity index is 217. The van der Waals surface area contributed by atoms with Crippen molar-refractivity contribution in [1.82, 2.24) is 5.32 Å². The monoisotopic (exact) mass is 230 g/mol. The Balaban J connectivity index is 2.50. The third-order valence-electron chi connectivity index (χ3n) is 3.33. The number of rotatable bonds is 5. The zero-order valence-corrected chi connectivity index (χ0v) is 9.56. The number of carbonyl (C=O) groups is 1. The predicted octanol–water partition coefficient (Wildman–Crippen LogP) is 0.913. The van der Waals surface area contributed by atoms with Crippen molar-refractivity contribution in [3.63, 3.8) is 0 Å². The van der Waals surface area contributed by atoms with Crippen molar-refractivity contribution < 1.29 is 15.0 Å². The van der Waals surface area contributed by atoms with Crippen LogP contribution in [0.5, 0.6) is 0 Å². The molecule has 0 aromatic carbocycles. The molecule has 1 rings (SSSR count). The summed E-state index contributed by atoms with van der Waals surface area (Å²) in [5.74, 6) is 0.353. The molecule has 0 saturated heterocycles. The van der Waals surface area contributed by atoms with Crippen LogP contribution < -0.4 is 11.1 Å². The molecule has 94 valence electrons. The summed E-state index contributed by atoms with van der Waals surface area (Å²) in [7, 11) is 0. The van der Waals surface area contributed by atoms with E-state index in [1.165, 1.54) is 6.42 Å². The van der Waals surface area contributed by atoms with Crippen LogP contribution in [-0.4, -0.2) is 35.0 Å². The highest BCUT2D eigenvalue weighted by Gasteiger charge is 2.26. The van der Waals surface area contributed by atoms with E-state index in [0.717, 1.165) is 25.7 Å². The number of hydrogen-bond acceptors (Lipinski definition) is 3. The predicted molar refractivity (Wildman–Crippen MR) is 61.2 cm³/mol. The summed E-state index contributed by atoms with van der Waals surface area (Å²) in [6, 6.07) is -0.156. The van der Waals surface area contributed by atoms with Crippen LogP contribution >= 0.6 is 0 Å². The average molecular weight is 230 g/mol. The first-order valence-electron chi connectivity index (χ1n) is 6.01. The lowest BCUT2D eigenvalue weighted by molar-refractivity contribution is 0.126. The lowest BCUT2D eigenvalue weighted by atomic mass is 9.82. The molecule has 1 aliphatic rings.